The summed E-state index contributed by atoms with van der Waals surface area (Å²) in [5, 5.41) is 4.25. The van der Waals surface area contributed by atoms with E-state index in [1.807, 2.05) is 54.6 Å². The van der Waals surface area contributed by atoms with Gasteiger partial charge in [0, 0.05) is 29.1 Å². The van der Waals surface area contributed by atoms with Crippen LogP contribution in [0, 0.1) is 5.92 Å². The van der Waals surface area contributed by atoms with Gasteiger partial charge in [0.25, 0.3) is 0 Å². The summed E-state index contributed by atoms with van der Waals surface area (Å²) in [7, 11) is 0. The number of nitrogen functional groups attached to an aromatic ring is 1. The maximum atomic E-state index is 12.4. The van der Waals surface area contributed by atoms with Crippen LogP contribution < -0.4 is 11.1 Å². The highest BCUT2D eigenvalue weighted by Crippen LogP contribution is 2.36. The van der Waals surface area contributed by atoms with E-state index in [2.05, 4.69) is 15.3 Å². The molecule has 0 saturated heterocycles. The number of aromatic nitrogens is 3. The molecule has 0 atom stereocenters. The molecule has 31 heavy (non-hydrogen) atoms. The molecule has 6 nitrogen and oxygen atoms in total. The van der Waals surface area contributed by atoms with E-state index in [9.17, 15) is 4.79 Å². The number of amides is 1. The molecule has 1 aliphatic carbocycles. The van der Waals surface area contributed by atoms with Crippen LogP contribution in [0.25, 0.3) is 33.4 Å². The lowest BCUT2D eigenvalue weighted by Crippen LogP contribution is -2.16. The highest BCUT2D eigenvalue weighted by Gasteiger charge is 2.25. The molecule has 1 saturated carbocycles. The van der Waals surface area contributed by atoms with E-state index >= 15 is 0 Å². The second kappa shape index (κ2) is 7.96. The van der Waals surface area contributed by atoms with E-state index in [-0.39, 0.29) is 17.5 Å². The van der Waals surface area contributed by atoms with E-state index in [0.717, 1.165) is 34.9 Å². The van der Waals surface area contributed by atoms with E-state index in [1.54, 1.807) is 6.20 Å². The van der Waals surface area contributed by atoms with Crippen LogP contribution in [0.1, 0.15) is 19.3 Å². The van der Waals surface area contributed by atoms with Gasteiger partial charge >= 0.3 is 0 Å². The third kappa shape index (κ3) is 4.07. The summed E-state index contributed by atoms with van der Waals surface area (Å²) in [6.45, 7) is 0. The number of nitrogens with one attached hydrogen (secondary N) is 1. The number of pyridine rings is 1. The molecule has 1 fully saturated rings. The molecule has 1 aliphatic rings. The van der Waals surface area contributed by atoms with Gasteiger partial charge in [-0.05, 0) is 37.0 Å². The quantitative estimate of drug-likeness (QED) is 0.447. The Morgan fingerprint density at radius 1 is 1.03 bits per heavy atom. The maximum Gasteiger partial charge on any atom is 0.225 e. The summed E-state index contributed by atoms with van der Waals surface area (Å²) in [6, 6.07) is 17.3. The fourth-order valence-electron chi connectivity index (χ4n) is 3.59. The summed E-state index contributed by atoms with van der Waals surface area (Å²) in [4.78, 5) is 26.1. The molecular formula is C24H20ClN5O. The first-order valence-corrected chi connectivity index (χ1v) is 10.5. The van der Waals surface area contributed by atoms with Gasteiger partial charge in [-0.2, -0.15) is 0 Å². The average Bonchev–Trinajstić information content (AvgIpc) is 3.59. The van der Waals surface area contributed by atoms with Crippen LogP contribution in [-0.2, 0) is 4.79 Å². The Morgan fingerprint density at radius 3 is 2.58 bits per heavy atom. The van der Waals surface area contributed by atoms with E-state index < -0.39 is 0 Å². The molecule has 0 aliphatic heterocycles. The number of hydrogen-bond acceptors (Lipinski definition) is 5. The molecule has 2 heterocycles. The number of hydrogen-bond donors (Lipinski definition) is 2. The highest BCUT2D eigenvalue weighted by atomic mass is 35.5. The molecule has 7 heteroatoms. The number of halogens is 1. The lowest BCUT2D eigenvalue weighted by atomic mass is 10.0. The van der Waals surface area contributed by atoms with Gasteiger partial charge in [-0.15, -0.1) is 0 Å². The molecule has 2 aromatic heterocycles. The third-order valence-corrected chi connectivity index (χ3v) is 5.62. The monoisotopic (exact) mass is 429 g/mol. The maximum absolute atomic E-state index is 12.4. The van der Waals surface area contributed by atoms with Crippen molar-refractivity contribution < 1.29 is 4.79 Å². The van der Waals surface area contributed by atoms with Crippen LogP contribution in [0.15, 0.2) is 60.8 Å². The zero-order valence-electron chi connectivity index (χ0n) is 16.7. The number of carbonyl (C=O) groups excluding carboxylic acids is 1. The molecule has 3 N–H and O–H groups in total. The van der Waals surface area contributed by atoms with Gasteiger partial charge in [-0.1, -0.05) is 48.0 Å². The lowest BCUT2D eigenvalue weighted by Gasteiger charge is -2.14. The van der Waals surface area contributed by atoms with Crippen molar-refractivity contribution in [3.8, 4) is 22.5 Å². The Morgan fingerprint density at radius 2 is 1.81 bits per heavy atom. The van der Waals surface area contributed by atoms with Crippen molar-refractivity contribution in [3.63, 3.8) is 0 Å². The topological polar surface area (TPSA) is 93.8 Å². The molecule has 0 unspecified atom stereocenters. The van der Waals surface area contributed by atoms with Crippen molar-refractivity contribution >= 4 is 40.0 Å². The van der Waals surface area contributed by atoms with Gasteiger partial charge in [0.05, 0.1) is 21.9 Å². The minimum atomic E-state index is -0.0948. The smallest absolute Gasteiger partial charge is 0.225 e. The largest absolute Gasteiger partial charge is 0.381 e. The predicted octanol–water partition coefficient (Wildman–Crippen LogP) is 5.33. The number of nitrogens with zero attached hydrogens (tertiary/aromatic N) is 3. The van der Waals surface area contributed by atoms with Crippen LogP contribution in [-0.4, -0.2) is 20.9 Å². The Balaban J connectivity index is 1.65. The van der Waals surface area contributed by atoms with Crippen molar-refractivity contribution in [1.82, 2.24) is 15.0 Å². The Kier molecular flexibility index (Phi) is 5.00. The summed E-state index contributed by atoms with van der Waals surface area (Å²) in [6.07, 6.45) is 4.37. The molecular weight excluding hydrogens is 410 g/mol. The molecule has 4 aromatic rings. The summed E-state index contributed by atoms with van der Waals surface area (Å²) < 4.78 is 0. The van der Waals surface area contributed by atoms with Gasteiger partial charge in [0.1, 0.15) is 0 Å². The highest BCUT2D eigenvalue weighted by molar-refractivity contribution is 6.35. The van der Waals surface area contributed by atoms with Crippen molar-refractivity contribution in [3.05, 3.63) is 65.8 Å². The molecule has 0 radical (unpaired) electrons. The average molecular weight is 430 g/mol. The second-order valence-electron chi connectivity index (χ2n) is 7.75. The fraction of sp³-hybridized carbons (Fsp3) is 0.167. The van der Waals surface area contributed by atoms with Crippen molar-refractivity contribution in [2.45, 2.75) is 19.3 Å². The number of benzene rings is 2. The number of nitrogens with two attached hydrogens (primary N) is 1. The predicted molar refractivity (Wildman–Crippen MR) is 124 cm³/mol. The Labute approximate surface area is 184 Å². The van der Waals surface area contributed by atoms with Gasteiger partial charge < -0.3 is 11.1 Å². The molecule has 0 bridgehead atoms. The van der Waals surface area contributed by atoms with Crippen LogP contribution in [0.2, 0.25) is 5.02 Å². The van der Waals surface area contributed by atoms with Gasteiger partial charge in [-0.25, -0.2) is 9.97 Å². The van der Waals surface area contributed by atoms with Gasteiger partial charge in [0.2, 0.25) is 5.91 Å². The van der Waals surface area contributed by atoms with Crippen molar-refractivity contribution in [2.24, 2.45) is 5.92 Å². The fourth-order valence-corrected chi connectivity index (χ4v) is 3.87. The van der Waals surface area contributed by atoms with E-state index in [4.69, 9.17) is 22.3 Å². The minimum absolute atomic E-state index is 0.0948. The summed E-state index contributed by atoms with van der Waals surface area (Å²) >= 11 is 6.52. The normalized spacial score (nSPS) is 13.3. The van der Waals surface area contributed by atoms with Crippen LogP contribution >= 0.6 is 11.6 Å². The number of carbonyl (C=O) groups is 1. The standard InChI is InChI=1S/C24H20ClN5O/c25-18-13-17(12-16-7-4-10-27-20(16)18)22-21(15-5-2-1-3-6-15)29-23(26)24(30-22)28-19(31)11-14-8-9-14/h1-7,10,12-14H,8-9,11H2,(H2,26,29)(H,28,30,31). The van der Waals surface area contributed by atoms with Gasteiger partial charge in [-0.3, -0.25) is 9.78 Å². The lowest BCUT2D eigenvalue weighted by molar-refractivity contribution is -0.116. The van der Waals surface area contributed by atoms with E-state index in [1.165, 1.54) is 0 Å². The summed E-state index contributed by atoms with van der Waals surface area (Å²) in [5.74, 6) is 0.815. The first-order chi connectivity index (χ1) is 15.1. The number of anilines is 2. The third-order valence-electron chi connectivity index (χ3n) is 5.33. The number of fused-ring (bicyclic) bond motifs is 1. The van der Waals surface area contributed by atoms with Crippen molar-refractivity contribution in [2.75, 3.05) is 11.1 Å². The number of rotatable bonds is 5. The van der Waals surface area contributed by atoms with Crippen LogP contribution in [0.4, 0.5) is 11.6 Å². The molecule has 5 rings (SSSR count). The van der Waals surface area contributed by atoms with Crippen LogP contribution in [0.3, 0.4) is 0 Å². The van der Waals surface area contributed by atoms with Gasteiger partial charge in [0.15, 0.2) is 11.6 Å². The Bertz CT molecular complexity index is 1290. The minimum Gasteiger partial charge on any atom is -0.381 e. The second-order valence-corrected chi connectivity index (χ2v) is 8.16. The molecule has 2 aromatic carbocycles. The van der Waals surface area contributed by atoms with Crippen LogP contribution in [0.5, 0.6) is 0 Å². The molecule has 0 spiro atoms. The first kappa shape index (κ1) is 19.5. The van der Waals surface area contributed by atoms with Crippen molar-refractivity contribution in [1.29, 1.82) is 0 Å². The summed E-state index contributed by atoms with van der Waals surface area (Å²) in [5.41, 5.74) is 9.77. The molecule has 154 valence electrons. The zero-order valence-corrected chi connectivity index (χ0v) is 17.4. The molecule has 1 amide bonds. The Hall–Kier alpha value is -3.51. The SMILES string of the molecule is Nc1nc(-c2ccccc2)c(-c2cc(Cl)c3ncccc3c2)nc1NC(=O)CC1CC1. The zero-order chi connectivity index (χ0) is 21.4. The van der Waals surface area contributed by atoms with E-state index in [0.29, 0.717) is 28.7 Å². The first-order valence-electron chi connectivity index (χ1n) is 10.2.